The fourth-order valence-electron chi connectivity index (χ4n) is 2.56. The van der Waals surface area contributed by atoms with E-state index < -0.39 is 0 Å². The van der Waals surface area contributed by atoms with Gasteiger partial charge >= 0.3 is 0 Å². The number of fused-ring (bicyclic) bond motifs is 1. The number of hydrogen-bond acceptors (Lipinski definition) is 3. The summed E-state index contributed by atoms with van der Waals surface area (Å²) in [7, 11) is 1.57. The molecule has 1 aliphatic rings. The zero-order valence-electron chi connectivity index (χ0n) is 10.9. The summed E-state index contributed by atoms with van der Waals surface area (Å²) in [5.74, 6) is 0. The van der Waals surface area contributed by atoms with Crippen LogP contribution in [0.3, 0.4) is 0 Å². The van der Waals surface area contributed by atoms with Crippen molar-refractivity contribution < 1.29 is 0 Å². The minimum Gasteiger partial charge on any atom is -0.376 e. The molecule has 3 rings (SSSR count). The number of anilines is 1. The molecule has 4 nitrogen and oxygen atoms in total. The summed E-state index contributed by atoms with van der Waals surface area (Å²) in [5.41, 5.74) is 2.59. The van der Waals surface area contributed by atoms with Crippen molar-refractivity contribution >= 4 is 28.9 Å². The minimum absolute atomic E-state index is 0.107. The molecule has 104 valence electrons. The summed E-state index contributed by atoms with van der Waals surface area (Å²) >= 11 is 12.3. The highest BCUT2D eigenvalue weighted by molar-refractivity contribution is 6.33. The number of rotatable bonds is 2. The van der Waals surface area contributed by atoms with Crippen molar-refractivity contribution in [3.63, 3.8) is 0 Å². The van der Waals surface area contributed by atoms with E-state index >= 15 is 0 Å². The van der Waals surface area contributed by atoms with Crippen LogP contribution >= 0.6 is 23.2 Å². The van der Waals surface area contributed by atoms with E-state index in [0.717, 1.165) is 23.4 Å². The van der Waals surface area contributed by atoms with Crippen LogP contribution in [-0.4, -0.2) is 9.78 Å². The van der Waals surface area contributed by atoms with Crippen molar-refractivity contribution in [3.8, 4) is 0 Å². The van der Waals surface area contributed by atoms with Gasteiger partial charge in [0.2, 0.25) is 0 Å². The summed E-state index contributed by atoms with van der Waals surface area (Å²) < 4.78 is 1.22. The van der Waals surface area contributed by atoms with E-state index in [1.54, 1.807) is 13.2 Å². The predicted molar refractivity (Wildman–Crippen MR) is 80.6 cm³/mol. The van der Waals surface area contributed by atoms with Crippen molar-refractivity contribution in [2.24, 2.45) is 7.05 Å². The maximum absolute atomic E-state index is 11.8. The molecule has 2 aromatic rings. The van der Waals surface area contributed by atoms with Crippen LogP contribution in [0.5, 0.6) is 0 Å². The number of nitrogens with one attached hydrogen (secondary N) is 1. The number of hydrogen-bond donors (Lipinski definition) is 1. The van der Waals surface area contributed by atoms with E-state index in [-0.39, 0.29) is 16.6 Å². The lowest BCUT2D eigenvalue weighted by Crippen LogP contribution is -2.21. The largest absolute Gasteiger partial charge is 0.376 e. The van der Waals surface area contributed by atoms with E-state index in [1.165, 1.54) is 10.2 Å². The lowest BCUT2D eigenvalue weighted by molar-refractivity contribution is 0.702. The number of benzene rings is 1. The summed E-state index contributed by atoms with van der Waals surface area (Å²) in [5, 5.41) is 8.24. The van der Waals surface area contributed by atoms with E-state index in [0.29, 0.717) is 5.69 Å². The van der Waals surface area contributed by atoms with Gasteiger partial charge in [-0.3, -0.25) is 4.79 Å². The van der Waals surface area contributed by atoms with Crippen LogP contribution in [-0.2, 0) is 13.5 Å². The molecule has 6 heteroatoms. The molecule has 0 fully saturated rings. The monoisotopic (exact) mass is 309 g/mol. The summed E-state index contributed by atoms with van der Waals surface area (Å²) in [6.07, 6.45) is 3.42. The predicted octanol–water partition coefficient (Wildman–Crippen LogP) is 3.19. The fourth-order valence-corrected chi connectivity index (χ4v) is 3.06. The van der Waals surface area contributed by atoms with Gasteiger partial charge < -0.3 is 5.32 Å². The maximum atomic E-state index is 11.8. The molecule has 20 heavy (non-hydrogen) atoms. The molecule has 1 heterocycles. The number of halogens is 2. The van der Waals surface area contributed by atoms with Crippen molar-refractivity contribution in [2.45, 2.75) is 18.9 Å². The topological polar surface area (TPSA) is 46.9 Å². The van der Waals surface area contributed by atoms with Crippen molar-refractivity contribution in [1.82, 2.24) is 9.78 Å². The van der Waals surface area contributed by atoms with Crippen LogP contribution in [0.15, 0.2) is 29.2 Å². The molecule has 0 bridgehead atoms. The standard InChI is InChI=1S/C14H13Cl2N3O/c1-19-14(20)13(16)12(7-17-19)18-11-6-5-8-9(11)3-2-4-10(8)15/h2-4,7,11,18H,5-6H2,1H3. The fraction of sp³-hybridized carbons (Fsp3) is 0.286. The van der Waals surface area contributed by atoms with Crippen LogP contribution in [0.2, 0.25) is 10.0 Å². The molecular weight excluding hydrogens is 297 g/mol. The van der Waals surface area contributed by atoms with Gasteiger partial charge in [-0.15, -0.1) is 0 Å². The van der Waals surface area contributed by atoms with Gasteiger partial charge in [0.1, 0.15) is 5.02 Å². The Bertz CT molecular complexity index is 727. The summed E-state index contributed by atoms with van der Waals surface area (Å²) in [6, 6.07) is 5.99. The first kappa shape index (κ1) is 13.5. The average Bonchev–Trinajstić information content (AvgIpc) is 2.84. The summed E-state index contributed by atoms with van der Waals surface area (Å²) in [4.78, 5) is 11.8. The molecule has 0 saturated heterocycles. The molecular formula is C14H13Cl2N3O. The van der Waals surface area contributed by atoms with Gasteiger partial charge in [0.05, 0.1) is 17.9 Å². The van der Waals surface area contributed by atoms with Gasteiger partial charge in [-0.1, -0.05) is 35.3 Å². The van der Waals surface area contributed by atoms with Crippen molar-refractivity contribution in [3.05, 3.63) is 55.9 Å². The van der Waals surface area contributed by atoms with Gasteiger partial charge in [-0.2, -0.15) is 5.10 Å². The van der Waals surface area contributed by atoms with Crippen molar-refractivity contribution in [2.75, 3.05) is 5.32 Å². The van der Waals surface area contributed by atoms with Gasteiger partial charge in [-0.25, -0.2) is 4.68 Å². The first-order chi connectivity index (χ1) is 9.58. The number of nitrogens with zero attached hydrogens (tertiary/aromatic N) is 2. The molecule has 1 atom stereocenters. The van der Waals surface area contributed by atoms with Gasteiger partial charge in [0, 0.05) is 12.1 Å². The third kappa shape index (κ3) is 2.19. The number of aryl methyl sites for hydroxylation is 1. The van der Waals surface area contributed by atoms with Crippen LogP contribution in [0, 0.1) is 0 Å². The third-order valence-electron chi connectivity index (χ3n) is 3.62. The van der Waals surface area contributed by atoms with Crippen LogP contribution in [0.4, 0.5) is 5.69 Å². The van der Waals surface area contributed by atoms with Crippen molar-refractivity contribution in [1.29, 1.82) is 0 Å². The van der Waals surface area contributed by atoms with E-state index in [4.69, 9.17) is 23.2 Å². The lowest BCUT2D eigenvalue weighted by atomic mass is 10.1. The number of aromatic nitrogens is 2. The first-order valence-electron chi connectivity index (χ1n) is 6.33. The van der Waals surface area contributed by atoms with E-state index in [9.17, 15) is 4.79 Å². The zero-order valence-corrected chi connectivity index (χ0v) is 12.4. The molecule has 0 saturated carbocycles. The molecule has 1 unspecified atom stereocenters. The summed E-state index contributed by atoms with van der Waals surface area (Å²) in [6.45, 7) is 0. The average molecular weight is 310 g/mol. The molecule has 1 N–H and O–H groups in total. The van der Waals surface area contributed by atoms with Gasteiger partial charge in [0.25, 0.3) is 5.56 Å². The SMILES string of the molecule is Cn1ncc(NC2CCc3c(Cl)cccc32)c(Cl)c1=O. The van der Waals surface area contributed by atoms with E-state index in [1.807, 2.05) is 18.2 Å². The quantitative estimate of drug-likeness (QED) is 0.926. The third-order valence-corrected chi connectivity index (χ3v) is 4.34. The highest BCUT2D eigenvalue weighted by atomic mass is 35.5. The maximum Gasteiger partial charge on any atom is 0.287 e. The molecule has 1 aliphatic carbocycles. The Kier molecular flexibility index (Phi) is 3.44. The van der Waals surface area contributed by atoms with Gasteiger partial charge in [-0.05, 0) is 30.0 Å². The highest BCUT2D eigenvalue weighted by Crippen LogP contribution is 2.37. The van der Waals surface area contributed by atoms with Crippen LogP contribution < -0.4 is 10.9 Å². The molecule has 0 radical (unpaired) electrons. The Morgan fingerprint density at radius 3 is 3.00 bits per heavy atom. The Hall–Kier alpha value is -1.52. The molecule has 0 aliphatic heterocycles. The second-order valence-electron chi connectivity index (χ2n) is 4.84. The Labute approximate surface area is 126 Å². The van der Waals surface area contributed by atoms with Gasteiger partial charge in [0.15, 0.2) is 0 Å². The molecule has 0 amide bonds. The Morgan fingerprint density at radius 2 is 2.20 bits per heavy atom. The Morgan fingerprint density at radius 1 is 1.40 bits per heavy atom. The van der Waals surface area contributed by atoms with Crippen LogP contribution in [0.25, 0.3) is 0 Å². The molecule has 1 aromatic heterocycles. The smallest absolute Gasteiger partial charge is 0.287 e. The minimum atomic E-state index is -0.305. The van der Waals surface area contributed by atoms with E-state index in [2.05, 4.69) is 10.4 Å². The highest BCUT2D eigenvalue weighted by Gasteiger charge is 2.25. The molecule has 1 aromatic carbocycles. The zero-order chi connectivity index (χ0) is 14.3. The van der Waals surface area contributed by atoms with Crippen LogP contribution in [0.1, 0.15) is 23.6 Å². The second-order valence-corrected chi connectivity index (χ2v) is 5.63. The first-order valence-corrected chi connectivity index (χ1v) is 7.09. The second kappa shape index (κ2) is 5.11. The normalized spacial score (nSPS) is 17.1. The Balaban J connectivity index is 1.94. The lowest BCUT2D eigenvalue weighted by Gasteiger charge is -2.16. The molecule has 0 spiro atoms.